The third-order valence-electron chi connectivity index (χ3n) is 0.104. The van der Waals surface area contributed by atoms with E-state index >= 15 is 0 Å². The number of halogens is 3. The molecule has 0 amide bonds. The van der Waals surface area contributed by atoms with E-state index < -0.39 is 6.30 Å². The van der Waals surface area contributed by atoms with E-state index in [2.05, 4.69) is 12.4 Å². The molecule has 6 heteroatoms. The van der Waals surface area contributed by atoms with Crippen LogP contribution in [-0.4, -0.2) is 25.2 Å². The van der Waals surface area contributed by atoms with Gasteiger partial charge in [0.25, 0.3) is 0 Å². The third kappa shape index (κ3) is 10.7. The van der Waals surface area contributed by atoms with Gasteiger partial charge in [-0.25, -0.2) is 0 Å². The fraction of sp³-hybridized carbons (Fsp3) is 1.00. The fourth-order valence-electron chi connectivity index (χ4n) is 0. The predicted molar refractivity (Wildman–Crippen MR) is 23.0 cm³/mol. The molecule has 0 radical (unpaired) electrons. The summed E-state index contributed by atoms with van der Waals surface area (Å²) >= 11 is 3.29. The summed E-state index contributed by atoms with van der Waals surface area (Å²) < 4.78 is 33.1. The predicted octanol–water partition coefficient (Wildman–Crippen LogP) is 0.588. The molecule has 0 aromatic rings. The van der Waals surface area contributed by atoms with Crippen molar-refractivity contribution >= 4 is 31.3 Å². The molecule has 0 aromatic carbocycles. The standard InChI is InChI=1S/CF3NS.Li.H/c2-1(3,4)5-6;;. The van der Waals surface area contributed by atoms with E-state index in [1.165, 1.54) is 0 Å². The summed E-state index contributed by atoms with van der Waals surface area (Å²) in [6.45, 7) is 0. The van der Waals surface area contributed by atoms with Gasteiger partial charge in [0.05, 0.1) is 0 Å². The van der Waals surface area contributed by atoms with Crippen LogP contribution in [0.3, 0.4) is 0 Å². The molecule has 7 heavy (non-hydrogen) atoms. The quantitative estimate of drug-likeness (QED) is 0.339. The Morgan fingerprint density at radius 1 is 1.29 bits per heavy atom. The first-order valence-corrected chi connectivity index (χ1v) is 1.34. The molecule has 0 unspecified atom stereocenters. The number of hydrogen-bond donors (Lipinski definition) is 0. The van der Waals surface area contributed by atoms with Gasteiger partial charge in [0.2, 0.25) is 0 Å². The van der Waals surface area contributed by atoms with Gasteiger partial charge in [-0.1, -0.05) is 0 Å². The van der Waals surface area contributed by atoms with Crippen molar-refractivity contribution in [1.82, 2.24) is 0 Å². The zero-order chi connectivity index (χ0) is 5.21. The van der Waals surface area contributed by atoms with E-state index in [1.54, 1.807) is 4.36 Å². The second kappa shape index (κ2) is 3.41. The Morgan fingerprint density at radius 3 is 1.43 bits per heavy atom. The van der Waals surface area contributed by atoms with Crippen LogP contribution in [0, 0.1) is 0 Å². The first-order chi connectivity index (χ1) is 2.56. The molecule has 0 fully saturated rings. The summed E-state index contributed by atoms with van der Waals surface area (Å²) in [5.41, 5.74) is 0. The normalized spacial score (nSPS) is 9.57. The molecule has 0 heterocycles. The summed E-state index contributed by atoms with van der Waals surface area (Å²) in [6.07, 6.45) is -4.52. The van der Waals surface area contributed by atoms with Crippen LogP contribution in [0.2, 0.25) is 0 Å². The molecular weight excluding hydrogens is 122 g/mol. The van der Waals surface area contributed by atoms with Crippen molar-refractivity contribution in [3.8, 4) is 0 Å². The average Bonchev–Trinajstić information content (AvgIpc) is 1.35. The van der Waals surface area contributed by atoms with Gasteiger partial charge in [-0.2, -0.15) is 0 Å². The Kier molecular flexibility index (Phi) is 5.07. The average molecular weight is 123 g/mol. The fourth-order valence-corrected chi connectivity index (χ4v) is 0. The summed E-state index contributed by atoms with van der Waals surface area (Å²) in [5.74, 6) is 0. The molecule has 0 aliphatic rings. The van der Waals surface area contributed by atoms with Crippen LogP contribution in [0.15, 0.2) is 4.36 Å². The molecule has 0 bridgehead atoms. The summed E-state index contributed by atoms with van der Waals surface area (Å²) in [6, 6.07) is 0. The second-order valence-corrected chi connectivity index (χ2v) is 0.742. The van der Waals surface area contributed by atoms with Crippen LogP contribution in [0.4, 0.5) is 13.2 Å². The van der Waals surface area contributed by atoms with Crippen LogP contribution < -0.4 is 0 Å². The SMILES string of the molecule is FC(F)(F)N=S.[LiH]. The van der Waals surface area contributed by atoms with Crippen molar-refractivity contribution in [2.24, 2.45) is 4.36 Å². The maximum atomic E-state index is 10.5. The summed E-state index contributed by atoms with van der Waals surface area (Å²) in [4.78, 5) is 0. The molecular formula is CHF3LiNS. The molecule has 0 spiro atoms. The molecule has 0 atom stereocenters. The van der Waals surface area contributed by atoms with Gasteiger partial charge in [-0.3, -0.25) is 0 Å². The Balaban J connectivity index is 0. The molecule has 0 aromatic heterocycles. The number of hydrogen-bond acceptors (Lipinski definition) is 2. The van der Waals surface area contributed by atoms with Crippen LogP contribution in [0.25, 0.3) is 0 Å². The Hall–Kier alpha value is 0.407. The molecule has 0 aliphatic heterocycles. The van der Waals surface area contributed by atoms with E-state index in [4.69, 9.17) is 0 Å². The molecule has 0 rings (SSSR count). The van der Waals surface area contributed by atoms with E-state index in [0.29, 0.717) is 0 Å². The summed E-state index contributed by atoms with van der Waals surface area (Å²) in [7, 11) is 0. The molecule has 0 saturated heterocycles. The topological polar surface area (TPSA) is 12.4 Å². The molecule has 1 nitrogen and oxygen atoms in total. The van der Waals surface area contributed by atoms with Crippen molar-refractivity contribution in [3.05, 3.63) is 0 Å². The molecule has 0 N–H and O–H groups in total. The Morgan fingerprint density at radius 2 is 1.43 bits per heavy atom. The molecule has 0 saturated carbocycles. The first-order valence-electron chi connectivity index (χ1n) is 0.973. The van der Waals surface area contributed by atoms with Crippen LogP contribution in [-0.2, 0) is 12.4 Å². The molecule has 38 valence electrons. The molecule has 0 aliphatic carbocycles. The van der Waals surface area contributed by atoms with Crippen molar-refractivity contribution in [2.75, 3.05) is 0 Å². The maximum absolute atomic E-state index is 10.5. The van der Waals surface area contributed by atoms with Crippen molar-refractivity contribution < 1.29 is 13.2 Å². The van der Waals surface area contributed by atoms with Crippen molar-refractivity contribution in [1.29, 1.82) is 0 Å². The van der Waals surface area contributed by atoms with Gasteiger partial charge < -0.3 is 0 Å². The van der Waals surface area contributed by atoms with E-state index in [0.717, 1.165) is 0 Å². The van der Waals surface area contributed by atoms with E-state index in [1.807, 2.05) is 0 Å². The Labute approximate surface area is 55.6 Å². The Bertz CT molecular complexity index is 60.4. The second-order valence-electron chi connectivity index (χ2n) is 0.559. The number of rotatable bonds is 0. The summed E-state index contributed by atoms with van der Waals surface area (Å²) in [5, 5.41) is 0. The van der Waals surface area contributed by atoms with Gasteiger partial charge in [-0.15, -0.1) is 17.5 Å². The van der Waals surface area contributed by atoms with E-state index in [9.17, 15) is 13.2 Å². The van der Waals surface area contributed by atoms with E-state index in [-0.39, 0.29) is 18.9 Å². The first kappa shape index (κ1) is 10.4. The zero-order valence-corrected chi connectivity index (χ0v) is 3.31. The van der Waals surface area contributed by atoms with Crippen molar-refractivity contribution in [3.63, 3.8) is 0 Å². The van der Waals surface area contributed by atoms with Gasteiger partial charge >= 0.3 is 25.2 Å². The van der Waals surface area contributed by atoms with Crippen LogP contribution in [0.1, 0.15) is 0 Å². The van der Waals surface area contributed by atoms with Crippen molar-refractivity contribution in [2.45, 2.75) is 6.30 Å². The van der Waals surface area contributed by atoms with Crippen LogP contribution in [0.5, 0.6) is 0 Å². The van der Waals surface area contributed by atoms with Gasteiger partial charge in [0.15, 0.2) is 0 Å². The van der Waals surface area contributed by atoms with Gasteiger partial charge in [0, 0.05) is 12.4 Å². The third-order valence-corrected chi connectivity index (χ3v) is 0.311. The van der Waals surface area contributed by atoms with Gasteiger partial charge in [-0.05, 0) is 0 Å². The number of nitrogens with zero attached hydrogens (tertiary/aromatic N) is 1. The zero-order valence-electron chi connectivity index (χ0n) is 2.49. The monoisotopic (exact) mass is 123 g/mol. The van der Waals surface area contributed by atoms with Gasteiger partial charge in [0.1, 0.15) is 0 Å². The minimum absolute atomic E-state index is 0. The number of alkyl halides is 3. The van der Waals surface area contributed by atoms with Crippen LogP contribution >= 0.6 is 0 Å². The minimum atomic E-state index is -4.52.